The van der Waals surface area contributed by atoms with E-state index in [0.29, 0.717) is 18.5 Å². The zero-order chi connectivity index (χ0) is 16.0. The molecular weight excluding hydrogens is 286 g/mol. The van der Waals surface area contributed by atoms with Gasteiger partial charge in [-0.05, 0) is 39.7 Å². The van der Waals surface area contributed by atoms with Gasteiger partial charge in [-0.1, -0.05) is 30.3 Å². The number of benzene rings is 1. The van der Waals surface area contributed by atoms with Crippen LogP contribution in [0.3, 0.4) is 0 Å². The minimum atomic E-state index is -3.48. The van der Waals surface area contributed by atoms with Crippen molar-refractivity contribution in [3.05, 3.63) is 35.9 Å². The summed E-state index contributed by atoms with van der Waals surface area (Å²) in [6, 6.07) is 10.4. The summed E-state index contributed by atoms with van der Waals surface area (Å²) in [5, 5.41) is 0. The molecule has 0 aliphatic heterocycles. The van der Waals surface area contributed by atoms with Crippen LogP contribution in [-0.2, 0) is 14.3 Å². The molecule has 1 atom stereocenters. The van der Waals surface area contributed by atoms with Crippen LogP contribution < -0.4 is 0 Å². The lowest BCUT2D eigenvalue weighted by Crippen LogP contribution is -2.38. The Balaban J connectivity index is 2.83. The van der Waals surface area contributed by atoms with E-state index in [2.05, 4.69) is 32.6 Å². The lowest BCUT2D eigenvalue weighted by atomic mass is 10.1. The monoisotopic (exact) mass is 313 g/mol. The molecule has 21 heavy (non-hydrogen) atoms. The lowest BCUT2D eigenvalue weighted by Gasteiger charge is -2.31. The van der Waals surface area contributed by atoms with Crippen LogP contribution in [0.1, 0.15) is 45.8 Å². The van der Waals surface area contributed by atoms with Gasteiger partial charge in [0.2, 0.25) is 0 Å². The lowest BCUT2D eigenvalue weighted by molar-refractivity contribution is 0.131. The van der Waals surface area contributed by atoms with Gasteiger partial charge < -0.3 is 0 Å². The van der Waals surface area contributed by atoms with Gasteiger partial charge in [0.1, 0.15) is 6.10 Å². The summed E-state index contributed by atoms with van der Waals surface area (Å²) in [6.07, 6.45) is 1.32. The van der Waals surface area contributed by atoms with E-state index >= 15 is 0 Å². The molecule has 1 aromatic rings. The first-order valence-electron chi connectivity index (χ1n) is 7.39. The van der Waals surface area contributed by atoms with Crippen LogP contribution in [0.5, 0.6) is 0 Å². The molecule has 0 aromatic heterocycles. The molecule has 0 amide bonds. The van der Waals surface area contributed by atoms with Crippen molar-refractivity contribution in [2.45, 2.75) is 52.3 Å². The van der Waals surface area contributed by atoms with E-state index in [0.717, 1.165) is 18.4 Å². The molecule has 0 aliphatic rings. The summed E-state index contributed by atoms with van der Waals surface area (Å²) in [5.74, 6) is 0. The van der Waals surface area contributed by atoms with Crippen LogP contribution in [0.25, 0.3) is 0 Å². The smallest absolute Gasteiger partial charge is 0.264 e. The third-order valence-electron chi connectivity index (χ3n) is 3.44. The molecule has 120 valence electrons. The van der Waals surface area contributed by atoms with Crippen LogP contribution >= 0.6 is 0 Å². The van der Waals surface area contributed by atoms with Gasteiger partial charge in [0.05, 0.1) is 6.26 Å². The van der Waals surface area contributed by atoms with E-state index in [1.54, 1.807) is 0 Å². The molecule has 0 saturated heterocycles. The van der Waals surface area contributed by atoms with Gasteiger partial charge in [-0.3, -0.25) is 9.08 Å². The van der Waals surface area contributed by atoms with Crippen LogP contribution in [0.4, 0.5) is 0 Å². The summed E-state index contributed by atoms with van der Waals surface area (Å²) in [6.45, 7) is 9.39. The molecule has 0 bridgehead atoms. The second kappa shape index (κ2) is 7.92. The first-order valence-corrected chi connectivity index (χ1v) is 9.21. The molecule has 1 unspecified atom stereocenters. The van der Waals surface area contributed by atoms with E-state index in [9.17, 15) is 8.42 Å². The molecule has 0 N–H and O–H groups in total. The third kappa shape index (κ3) is 6.59. The number of rotatable bonds is 8. The SMILES string of the molecule is CC(C)N(CCC(OS(C)(=O)=O)c1ccccc1)C(C)C. The summed E-state index contributed by atoms with van der Waals surface area (Å²) in [7, 11) is -3.48. The Morgan fingerprint density at radius 2 is 1.57 bits per heavy atom. The van der Waals surface area contributed by atoms with Crippen molar-refractivity contribution in [1.29, 1.82) is 0 Å². The minimum Gasteiger partial charge on any atom is -0.298 e. The molecule has 0 spiro atoms. The standard InChI is InChI=1S/C16H27NO3S/c1-13(2)17(14(3)4)12-11-16(20-21(5,18)19)15-9-7-6-8-10-15/h6-10,13-14,16H,11-12H2,1-5H3. The normalized spacial score (nSPS) is 14.1. The van der Waals surface area contributed by atoms with Gasteiger partial charge in [-0.15, -0.1) is 0 Å². The number of hydrogen-bond donors (Lipinski definition) is 0. The fraction of sp³-hybridized carbons (Fsp3) is 0.625. The number of hydrogen-bond acceptors (Lipinski definition) is 4. The van der Waals surface area contributed by atoms with Gasteiger partial charge in [0.15, 0.2) is 0 Å². The Labute approximate surface area is 129 Å². The topological polar surface area (TPSA) is 46.6 Å². The zero-order valence-corrected chi connectivity index (χ0v) is 14.4. The summed E-state index contributed by atoms with van der Waals surface area (Å²) in [4.78, 5) is 2.33. The molecular formula is C16H27NO3S. The highest BCUT2D eigenvalue weighted by Crippen LogP contribution is 2.24. The Morgan fingerprint density at radius 1 is 1.05 bits per heavy atom. The molecule has 4 nitrogen and oxygen atoms in total. The fourth-order valence-electron chi connectivity index (χ4n) is 2.53. The summed E-state index contributed by atoms with van der Waals surface area (Å²) in [5.41, 5.74) is 0.899. The van der Waals surface area contributed by atoms with Crippen molar-refractivity contribution >= 4 is 10.1 Å². The molecule has 0 aliphatic carbocycles. The summed E-state index contributed by atoms with van der Waals surface area (Å²) >= 11 is 0. The summed E-state index contributed by atoms with van der Waals surface area (Å²) < 4.78 is 28.3. The molecule has 1 rings (SSSR count). The highest BCUT2D eigenvalue weighted by molar-refractivity contribution is 7.86. The van der Waals surface area contributed by atoms with Gasteiger partial charge in [0, 0.05) is 18.6 Å². The molecule has 1 aromatic carbocycles. The van der Waals surface area contributed by atoms with Gasteiger partial charge >= 0.3 is 0 Å². The van der Waals surface area contributed by atoms with Crippen LogP contribution in [-0.4, -0.2) is 38.2 Å². The Hall–Kier alpha value is -0.910. The van der Waals surface area contributed by atoms with E-state index < -0.39 is 16.2 Å². The average molecular weight is 313 g/mol. The van der Waals surface area contributed by atoms with Crippen molar-refractivity contribution in [2.75, 3.05) is 12.8 Å². The van der Waals surface area contributed by atoms with Gasteiger partial charge in [0.25, 0.3) is 10.1 Å². The van der Waals surface area contributed by atoms with Crippen LogP contribution in [0, 0.1) is 0 Å². The van der Waals surface area contributed by atoms with E-state index in [-0.39, 0.29) is 0 Å². The second-order valence-corrected chi connectivity index (χ2v) is 7.51. The predicted octanol–water partition coefficient (Wildman–Crippen LogP) is 3.21. The van der Waals surface area contributed by atoms with Crippen LogP contribution in [0.2, 0.25) is 0 Å². The van der Waals surface area contributed by atoms with Crippen molar-refractivity contribution in [3.8, 4) is 0 Å². The molecule has 0 fully saturated rings. The zero-order valence-electron chi connectivity index (χ0n) is 13.6. The highest BCUT2D eigenvalue weighted by Gasteiger charge is 2.21. The third-order valence-corrected chi connectivity index (χ3v) is 4.02. The first-order chi connectivity index (χ1) is 9.70. The second-order valence-electron chi connectivity index (χ2n) is 5.91. The van der Waals surface area contributed by atoms with Crippen molar-refractivity contribution in [3.63, 3.8) is 0 Å². The van der Waals surface area contributed by atoms with E-state index in [1.807, 2.05) is 30.3 Å². The Morgan fingerprint density at radius 3 is 2.00 bits per heavy atom. The molecule has 0 radical (unpaired) electrons. The van der Waals surface area contributed by atoms with Gasteiger partial charge in [-0.2, -0.15) is 8.42 Å². The Bertz CT molecular complexity index is 504. The van der Waals surface area contributed by atoms with Crippen molar-refractivity contribution in [2.24, 2.45) is 0 Å². The van der Waals surface area contributed by atoms with E-state index in [1.165, 1.54) is 0 Å². The quantitative estimate of drug-likeness (QED) is 0.691. The largest absolute Gasteiger partial charge is 0.298 e. The average Bonchev–Trinajstić information content (AvgIpc) is 2.36. The molecule has 5 heteroatoms. The molecule has 0 heterocycles. The van der Waals surface area contributed by atoms with E-state index in [4.69, 9.17) is 4.18 Å². The first kappa shape index (κ1) is 18.1. The fourth-order valence-corrected chi connectivity index (χ4v) is 3.16. The number of nitrogens with zero attached hydrogens (tertiary/aromatic N) is 1. The maximum atomic E-state index is 11.5. The Kier molecular flexibility index (Phi) is 6.84. The highest BCUT2D eigenvalue weighted by atomic mass is 32.2. The van der Waals surface area contributed by atoms with Crippen molar-refractivity contribution in [1.82, 2.24) is 4.90 Å². The predicted molar refractivity (Wildman–Crippen MR) is 86.7 cm³/mol. The van der Waals surface area contributed by atoms with Crippen LogP contribution in [0.15, 0.2) is 30.3 Å². The molecule has 0 saturated carbocycles. The minimum absolute atomic E-state index is 0.416. The van der Waals surface area contributed by atoms with Gasteiger partial charge in [-0.25, -0.2) is 0 Å². The van der Waals surface area contributed by atoms with Crippen molar-refractivity contribution < 1.29 is 12.6 Å². The maximum Gasteiger partial charge on any atom is 0.264 e. The maximum absolute atomic E-state index is 11.5.